The van der Waals surface area contributed by atoms with Gasteiger partial charge in [0.1, 0.15) is 5.75 Å². The topological polar surface area (TPSA) is 75.7 Å². The van der Waals surface area contributed by atoms with Crippen molar-refractivity contribution in [3.05, 3.63) is 60.2 Å². The van der Waals surface area contributed by atoms with Crippen molar-refractivity contribution in [3.8, 4) is 5.75 Å². The van der Waals surface area contributed by atoms with Gasteiger partial charge in [0.25, 0.3) is 5.91 Å². The second-order valence-electron chi connectivity index (χ2n) is 7.55. The van der Waals surface area contributed by atoms with E-state index in [1.165, 1.54) is 0 Å². The third kappa shape index (κ3) is 3.77. The maximum Gasteiger partial charge on any atom is 0.260 e. The van der Waals surface area contributed by atoms with Crippen LogP contribution < -0.4 is 9.46 Å². The van der Waals surface area contributed by atoms with Crippen LogP contribution in [0.3, 0.4) is 0 Å². The summed E-state index contributed by atoms with van der Waals surface area (Å²) in [5.41, 5.74) is 0.978. The first-order valence-electron chi connectivity index (χ1n) is 9.49. The summed E-state index contributed by atoms with van der Waals surface area (Å²) in [4.78, 5) is 14.8. The number of aryl methyl sites for hydroxylation is 1. The molecule has 4 rings (SSSR count). The van der Waals surface area contributed by atoms with Gasteiger partial charge < -0.3 is 9.64 Å². The Morgan fingerprint density at radius 1 is 1.11 bits per heavy atom. The molecular formula is C21H24N2O4S. The summed E-state index contributed by atoms with van der Waals surface area (Å²) in [6.45, 7) is 2.57. The van der Waals surface area contributed by atoms with Gasteiger partial charge in [-0.25, -0.2) is 13.1 Å². The minimum Gasteiger partial charge on any atom is -0.484 e. The van der Waals surface area contributed by atoms with Crippen molar-refractivity contribution >= 4 is 15.9 Å². The number of carbonyl (C=O) groups is 1. The fraction of sp³-hybridized carbons (Fsp3) is 0.381. The van der Waals surface area contributed by atoms with Gasteiger partial charge in [-0.2, -0.15) is 0 Å². The maximum atomic E-state index is 12.7. The number of rotatable bonds is 6. The Balaban J connectivity index is 1.41. The molecule has 148 valence electrons. The van der Waals surface area contributed by atoms with Gasteiger partial charge in [-0.1, -0.05) is 36.4 Å². The Kier molecular flexibility index (Phi) is 5.12. The Labute approximate surface area is 165 Å². The fourth-order valence-corrected chi connectivity index (χ4v) is 5.55. The van der Waals surface area contributed by atoms with Gasteiger partial charge in [-0.15, -0.1) is 0 Å². The standard InChI is InChI=1S/C21H24N2O4S/c1-15-7-5-6-10-20(15)27-14-21(24)23-13-16-11-18(19(23)12-16)22-28(25,26)17-8-3-2-4-9-17/h2-10,16,18-19,22H,11-14H2,1H3. The number of fused-ring (bicyclic) bond motifs is 2. The largest absolute Gasteiger partial charge is 0.484 e. The third-order valence-corrected chi connectivity index (χ3v) is 7.11. The molecule has 0 spiro atoms. The van der Waals surface area contributed by atoms with Crippen molar-refractivity contribution in [1.29, 1.82) is 0 Å². The first-order valence-corrected chi connectivity index (χ1v) is 11.0. The number of likely N-dealkylation sites (tertiary alicyclic amines) is 1. The van der Waals surface area contributed by atoms with E-state index in [1.807, 2.05) is 31.2 Å². The van der Waals surface area contributed by atoms with Crippen molar-refractivity contribution in [3.63, 3.8) is 0 Å². The monoisotopic (exact) mass is 400 g/mol. The molecule has 2 fully saturated rings. The van der Waals surface area contributed by atoms with Crippen LogP contribution in [0.15, 0.2) is 59.5 Å². The molecule has 2 aromatic carbocycles. The van der Waals surface area contributed by atoms with E-state index in [0.29, 0.717) is 18.2 Å². The molecule has 1 aliphatic heterocycles. The number of nitrogens with zero attached hydrogens (tertiary/aromatic N) is 1. The van der Waals surface area contributed by atoms with E-state index in [2.05, 4.69) is 4.72 Å². The highest BCUT2D eigenvalue weighted by molar-refractivity contribution is 7.89. The van der Waals surface area contributed by atoms with Gasteiger partial charge in [-0.05, 0) is 49.4 Å². The molecule has 1 saturated carbocycles. The van der Waals surface area contributed by atoms with Gasteiger partial charge in [0, 0.05) is 18.6 Å². The number of nitrogens with one attached hydrogen (secondary N) is 1. The highest BCUT2D eigenvalue weighted by atomic mass is 32.2. The van der Waals surface area contributed by atoms with Gasteiger partial charge in [0.15, 0.2) is 6.61 Å². The minimum absolute atomic E-state index is 0.0355. The number of benzene rings is 2. The Morgan fingerprint density at radius 2 is 1.82 bits per heavy atom. The van der Waals surface area contributed by atoms with Crippen LogP contribution in [0.2, 0.25) is 0 Å². The highest BCUT2D eigenvalue weighted by Crippen LogP contribution is 2.38. The number of carbonyl (C=O) groups excluding carboxylic acids is 1. The van der Waals surface area contributed by atoms with E-state index in [4.69, 9.17) is 4.74 Å². The van der Waals surface area contributed by atoms with Crippen LogP contribution in [-0.4, -0.2) is 44.5 Å². The lowest BCUT2D eigenvalue weighted by atomic mass is 10.1. The lowest BCUT2D eigenvalue weighted by molar-refractivity contribution is -0.135. The first kappa shape index (κ1) is 19.0. The van der Waals surface area contributed by atoms with Crippen molar-refractivity contribution in [2.45, 2.75) is 36.7 Å². The molecule has 7 heteroatoms. The number of amides is 1. The summed E-state index contributed by atoms with van der Waals surface area (Å²) in [6.07, 6.45) is 1.59. The van der Waals surface area contributed by atoms with E-state index in [9.17, 15) is 13.2 Å². The van der Waals surface area contributed by atoms with E-state index in [0.717, 1.165) is 18.4 Å². The van der Waals surface area contributed by atoms with Crippen LogP contribution in [0.25, 0.3) is 0 Å². The minimum atomic E-state index is -3.60. The van der Waals surface area contributed by atoms with Gasteiger partial charge in [0.05, 0.1) is 4.90 Å². The zero-order chi connectivity index (χ0) is 19.7. The Morgan fingerprint density at radius 3 is 2.54 bits per heavy atom. The van der Waals surface area contributed by atoms with Crippen LogP contribution in [0.1, 0.15) is 18.4 Å². The van der Waals surface area contributed by atoms with Crippen molar-refractivity contribution < 1.29 is 17.9 Å². The quantitative estimate of drug-likeness (QED) is 0.808. The van der Waals surface area contributed by atoms with Gasteiger partial charge in [-0.3, -0.25) is 4.79 Å². The molecule has 0 aromatic heterocycles. The van der Waals surface area contributed by atoms with Crippen LogP contribution in [-0.2, 0) is 14.8 Å². The molecule has 6 nitrogen and oxygen atoms in total. The third-order valence-electron chi connectivity index (χ3n) is 5.61. The first-order chi connectivity index (χ1) is 13.4. The van der Waals surface area contributed by atoms with Crippen LogP contribution in [0.5, 0.6) is 5.75 Å². The number of para-hydroxylation sites is 1. The highest BCUT2D eigenvalue weighted by Gasteiger charge is 2.48. The molecule has 1 saturated heterocycles. The summed E-state index contributed by atoms with van der Waals surface area (Å²) < 4.78 is 33.8. The van der Waals surface area contributed by atoms with E-state index in [-0.39, 0.29) is 29.5 Å². The molecule has 2 aromatic rings. The molecule has 1 N–H and O–H groups in total. The lowest BCUT2D eigenvalue weighted by Crippen LogP contribution is -2.52. The second-order valence-corrected chi connectivity index (χ2v) is 9.26. The van der Waals surface area contributed by atoms with E-state index in [1.54, 1.807) is 35.2 Å². The number of ether oxygens (including phenoxy) is 1. The molecule has 1 heterocycles. The van der Waals surface area contributed by atoms with Gasteiger partial charge >= 0.3 is 0 Å². The SMILES string of the molecule is Cc1ccccc1OCC(=O)N1CC2CC(NS(=O)(=O)c3ccccc3)C1C2. The molecule has 2 bridgehead atoms. The molecule has 3 atom stereocenters. The zero-order valence-electron chi connectivity index (χ0n) is 15.7. The Hall–Kier alpha value is -2.38. The number of hydrogen-bond donors (Lipinski definition) is 1. The molecule has 28 heavy (non-hydrogen) atoms. The van der Waals surface area contributed by atoms with E-state index >= 15 is 0 Å². The van der Waals surface area contributed by atoms with Gasteiger partial charge in [0.2, 0.25) is 10.0 Å². The lowest BCUT2D eigenvalue weighted by Gasteiger charge is -2.33. The summed E-state index contributed by atoms with van der Waals surface area (Å²) in [5.74, 6) is 0.928. The summed E-state index contributed by atoms with van der Waals surface area (Å²) in [5, 5.41) is 0. The zero-order valence-corrected chi connectivity index (χ0v) is 16.6. The van der Waals surface area contributed by atoms with Crippen molar-refractivity contribution in [2.75, 3.05) is 13.2 Å². The number of hydrogen-bond acceptors (Lipinski definition) is 4. The van der Waals surface area contributed by atoms with Crippen LogP contribution >= 0.6 is 0 Å². The summed E-state index contributed by atoms with van der Waals surface area (Å²) in [6, 6.07) is 15.5. The van der Waals surface area contributed by atoms with E-state index < -0.39 is 10.0 Å². The summed E-state index contributed by atoms with van der Waals surface area (Å²) in [7, 11) is -3.60. The Bertz CT molecular complexity index is 961. The predicted molar refractivity (Wildman–Crippen MR) is 105 cm³/mol. The molecular weight excluding hydrogens is 376 g/mol. The van der Waals surface area contributed by atoms with Crippen molar-refractivity contribution in [2.24, 2.45) is 5.92 Å². The van der Waals surface area contributed by atoms with Crippen LogP contribution in [0, 0.1) is 12.8 Å². The van der Waals surface area contributed by atoms with Crippen molar-refractivity contribution in [1.82, 2.24) is 9.62 Å². The molecule has 1 amide bonds. The molecule has 2 aliphatic rings. The smallest absolute Gasteiger partial charge is 0.260 e. The number of sulfonamides is 1. The number of piperidine rings is 1. The molecule has 3 unspecified atom stereocenters. The average molecular weight is 401 g/mol. The summed E-state index contributed by atoms with van der Waals surface area (Å²) >= 11 is 0. The van der Waals surface area contributed by atoms with Crippen LogP contribution in [0.4, 0.5) is 0 Å². The second kappa shape index (κ2) is 7.56. The molecule has 0 radical (unpaired) electrons. The predicted octanol–water partition coefficient (Wildman–Crippen LogP) is 2.34. The maximum absolute atomic E-state index is 12.7. The fourth-order valence-electron chi connectivity index (χ4n) is 4.25. The average Bonchev–Trinajstić information content (AvgIpc) is 3.28. The molecule has 1 aliphatic carbocycles. The normalized spacial score (nSPS) is 23.8.